The van der Waals surface area contributed by atoms with Gasteiger partial charge in [0.2, 0.25) is 0 Å². The lowest BCUT2D eigenvalue weighted by molar-refractivity contribution is 0.0487. The van der Waals surface area contributed by atoms with Crippen molar-refractivity contribution in [3.63, 3.8) is 0 Å². The average Bonchev–Trinajstić information content (AvgIpc) is 2.46. The van der Waals surface area contributed by atoms with Crippen LogP contribution in [0.3, 0.4) is 0 Å². The number of carbonyl (C=O) groups is 1. The molecule has 3 nitrogen and oxygen atoms in total. The fourth-order valence-electron chi connectivity index (χ4n) is 2.97. The summed E-state index contributed by atoms with van der Waals surface area (Å²) < 4.78 is 5.36. The summed E-state index contributed by atoms with van der Waals surface area (Å²) in [6.07, 6.45) is 4.32. The third-order valence-corrected chi connectivity index (χ3v) is 5.21. The fourth-order valence-corrected chi connectivity index (χ4v) is 4.15. The van der Waals surface area contributed by atoms with E-state index in [4.69, 9.17) is 4.74 Å². The van der Waals surface area contributed by atoms with E-state index in [0.717, 1.165) is 18.6 Å². The van der Waals surface area contributed by atoms with Crippen LogP contribution >= 0.6 is 11.8 Å². The number of ether oxygens (including phenoxy) is 1. The van der Waals surface area contributed by atoms with E-state index in [9.17, 15) is 4.79 Å². The molecule has 1 aliphatic rings. The lowest BCUT2D eigenvalue weighted by Gasteiger charge is -2.30. The van der Waals surface area contributed by atoms with Crippen LogP contribution in [0.15, 0.2) is 30.3 Å². The number of hydrogen-bond acceptors (Lipinski definition) is 3. The first-order chi connectivity index (χ1) is 10.9. The van der Waals surface area contributed by atoms with Crippen molar-refractivity contribution >= 4 is 17.9 Å². The minimum Gasteiger partial charge on any atom is -0.444 e. The fraction of sp³-hybridized carbons (Fsp3) is 0.632. The summed E-state index contributed by atoms with van der Waals surface area (Å²) in [5.41, 5.74) is 0.959. The van der Waals surface area contributed by atoms with Crippen LogP contribution in [0.1, 0.15) is 52.0 Å². The smallest absolute Gasteiger partial charge is 0.407 e. The maximum Gasteiger partial charge on any atom is 0.407 e. The Labute approximate surface area is 144 Å². The van der Waals surface area contributed by atoms with E-state index in [0.29, 0.717) is 5.92 Å². The Morgan fingerprint density at radius 1 is 1.26 bits per heavy atom. The monoisotopic (exact) mass is 335 g/mol. The number of nitrogens with one attached hydrogen (secondary N) is 1. The number of carbonyl (C=O) groups excluding carboxylic acids is 1. The number of thioether (sulfide) groups is 1. The molecule has 1 aromatic rings. The summed E-state index contributed by atoms with van der Waals surface area (Å²) in [7, 11) is 0. The van der Waals surface area contributed by atoms with Gasteiger partial charge in [-0.15, -0.1) is 0 Å². The van der Waals surface area contributed by atoms with Crippen molar-refractivity contribution in [1.29, 1.82) is 0 Å². The van der Waals surface area contributed by atoms with E-state index in [1.807, 2.05) is 32.5 Å². The number of hydrogen-bond donors (Lipinski definition) is 1. The lowest BCUT2D eigenvalue weighted by atomic mass is 9.87. The first-order valence-corrected chi connectivity index (χ1v) is 9.69. The molecule has 1 aromatic carbocycles. The first kappa shape index (κ1) is 18.2. The molecule has 1 amide bonds. The number of rotatable bonds is 5. The molecule has 1 saturated carbocycles. The normalized spacial score (nSPS) is 21.7. The van der Waals surface area contributed by atoms with Gasteiger partial charge in [-0.05, 0) is 57.3 Å². The predicted molar refractivity (Wildman–Crippen MR) is 97.7 cm³/mol. The molecule has 23 heavy (non-hydrogen) atoms. The van der Waals surface area contributed by atoms with Crippen LogP contribution in [0.25, 0.3) is 0 Å². The van der Waals surface area contributed by atoms with Crippen LogP contribution in [0, 0.1) is 5.92 Å². The molecule has 0 bridgehead atoms. The summed E-state index contributed by atoms with van der Waals surface area (Å²) in [5.74, 6) is 2.93. The molecule has 2 atom stereocenters. The summed E-state index contributed by atoms with van der Waals surface area (Å²) in [4.78, 5) is 11.9. The molecule has 2 rings (SSSR count). The van der Waals surface area contributed by atoms with Gasteiger partial charge in [0.05, 0.1) is 0 Å². The van der Waals surface area contributed by atoms with E-state index in [2.05, 4.69) is 35.6 Å². The van der Waals surface area contributed by atoms with Gasteiger partial charge in [0.15, 0.2) is 0 Å². The highest BCUT2D eigenvalue weighted by atomic mass is 32.2. The Morgan fingerprint density at radius 3 is 2.70 bits per heavy atom. The van der Waals surface area contributed by atoms with Gasteiger partial charge in [0.1, 0.15) is 5.60 Å². The third kappa shape index (κ3) is 7.30. The van der Waals surface area contributed by atoms with E-state index in [-0.39, 0.29) is 12.1 Å². The molecule has 1 aliphatic carbocycles. The quantitative estimate of drug-likeness (QED) is 0.822. The van der Waals surface area contributed by atoms with Gasteiger partial charge in [0, 0.05) is 11.8 Å². The molecule has 0 aromatic heterocycles. The van der Waals surface area contributed by atoms with Crippen molar-refractivity contribution in [2.45, 2.75) is 63.9 Å². The van der Waals surface area contributed by atoms with Crippen molar-refractivity contribution in [3.05, 3.63) is 35.9 Å². The Kier molecular flexibility index (Phi) is 6.82. The minimum absolute atomic E-state index is 0.265. The molecular weight excluding hydrogens is 306 g/mol. The van der Waals surface area contributed by atoms with Crippen molar-refractivity contribution in [3.8, 4) is 0 Å². The lowest BCUT2D eigenvalue weighted by Crippen LogP contribution is -2.41. The number of amides is 1. The molecular formula is C19H29NO2S. The maximum atomic E-state index is 11.9. The Hall–Kier alpha value is -1.16. The number of alkyl carbamates (subject to hydrolysis) is 1. The van der Waals surface area contributed by atoms with Crippen LogP contribution in [0.2, 0.25) is 0 Å². The minimum atomic E-state index is -0.427. The molecule has 2 unspecified atom stereocenters. The van der Waals surface area contributed by atoms with Gasteiger partial charge in [-0.25, -0.2) is 4.79 Å². The van der Waals surface area contributed by atoms with Crippen LogP contribution in [-0.2, 0) is 10.5 Å². The summed E-state index contributed by atoms with van der Waals surface area (Å²) >= 11 is 2.00. The summed E-state index contributed by atoms with van der Waals surface area (Å²) in [6.45, 7) is 5.70. The molecule has 1 N–H and O–H groups in total. The van der Waals surface area contributed by atoms with Crippen LogP contribution < -0.4 is 5.32 Å². The largest absolute Gasteiger partial charge is 0.444 e. The van der Waals surface area contributed by atoms with Crippen LogP contribution in [0.5, 0.6) is 0 Å². The maximum absolute atomic E-state index is 11.9. The second-order valence-electron chi connectivity index (χ2n) is 7.38. The predicted octanol–water partition coefficient (Wildman–Crippen LogP) is 5.00. The average molecular weight is 336 g/mol. The highest BCUT2D eigenvalue weighted by Crippen LogP contribution is 2.28. The van der Waals surface area contributed by atoms with Gasteiger partial charge in [-0.2, -0.15) is 11.8 Å². The molecule has 4 heteroatoms. The zero-order valence-corrected chi connectivity index (χ0v) is 15.3. The van der Waals surface area contributed by atoms with E-state index in [1.54, 1.807) is 0 Å². The molecule has 1 fully saturated rings. The molecule has 0 spiro atoms. The van der Waals surface area contributed by atoms with Gasteiger partial charge in [0.25, 0.3) is 0 Å². The van der Waals surface area contributed by atoms with Crippen LogP contribution in [0.4, 0.5) is 4.79 Å². The van der Waals surface area contributed by atoms with Gasteiger partial charge in [-0.3, -0.25) is 0 Å². The topological polar surface area (TPSA) is 38.3 Å². The second kappa shape index (κ2) is 8.62. The SMILES string of the molecule is CC(C)(C)OC(=O)NC1CCCC(CSCc2ccccc2)C1. The summed E-state index contributed by atoms with van der Waals surface area (Å²) in [6, 6.07) is 10.9. The molecule has 0 saturated heterocycles. The highest BCUT2D eigenvalue weighted by Gasteiger charge is 2.25. The highest BCUT2D eigenvalue weighted by molar-refractivity contribution is 7.98. The second-order valence-corrected chi connectivity index (χ2v) is 8.41. The van der Waals surface area contributed by atoms with E-state index in [1.165, 1.54) is 24.2 Å². The van der Waals surface area contributed by atoms with Crippen LogP contribution in [-0.4, -0.2) is 23.5 Å². The first-order valence-electron chi connectivity index (χ1n) is 8.53. The standard InChI is InChI=1S/C19H29NO2S/c1-19(2,3)22-18(21)20-17-11-7-10-16(12-17)14-23-13-15-8-5-4-6-9-15/h4-6,8-9,16-17H,7,10-14H2,1-3H3,(H,20,21). The van der Waals surface area contributed by atoms with Gasteiger partial charge < -0.3 is 10.1 Å². The summed E-state index contributed by atoms with van der Waals surface area (Å²) in [5, 5.41) is 3.04. The van der Waals surface area contributed by atoms with Crippen molar-refractivity contribution in [2.75, 3.05) is 5.75 Å². The van der Waals surface area contributed by atoms with E-state index < -0.39 is 5.60 Å². The molecule has 0 radical (unpaired) electrons. The zero-order valence-electron chi connectivity index (χ0n) is 14.5. The number of benzene rings is 1. The Bertz CT molecular complexity index is 484. The Balaban J connectivity index is 1.70. The Morgan fingerprint density at radius 2 is 2.00 bits per heavy atom. The van der Waals surface area contributed by atoms with Gasteiger partial charge >= 0.3 is 6.09 Å². The molecule has 0 aliphatic heterocycles. The molecule has 128 valence electrons. The molecule has 0 heterocycles. The van der Waals surface area contributed by atoms with Crippen molar-refractivity contribution < 1.29 is 9.53 Å². The zero-order chi connectivity index (χ0) is 16.7. The van der Waals surface area contributed by atoms with Crippen molar-refractivity contribution in [1.82, 2.24) is 5.32 Å². The van der Waals surface area contributed by atoms with Gasteiger partial charge in [-0.1, -0.05) is 36.8 Å². The van der Waals surface area contributed by atoms with E-state index >= 15 is 0 Å². The third-order valence-electron chi connectivity index (χ3n) is 3.97. The van der Waals surface area contributed by atoms with Crippen molar-refractivity contribution in [2.24, 2.45) is 5.92 Å².